The molecule has 0 radical (unpaired) electrons. The summed E-state index contributed by atoms with van der Waals surface area (Å²) in [6.07, 6.45) is 1.66. The first kappa shape index (κ1) is 15.3. The maximum atomic E-state index is 6.56. The molecule has 1 aliphatic rings. The molecule has 2 rings (SSSR count). The summed E-state index contributed by atoms with van der Waals surface area (Å²) in [5, 5.41) is 0. The lowest BCUT2D eigenvalue weighted by atomic mass is 9.81. The van der Waals surface area contributed by atoms with Crippen LogP contribution in [0.1, 0.15) is 35.6 Å². The predicted octanol–water partition coefficient (Wildman–Crippen LogP) is 2.51. The quantitative estimate of drug-likeness (QED) is 0.920. The molecule has 0 bridgehead atoms. The maximum Gasteiger partial charge on any atom is 0.122 e. The topological polar surface area (TPSA) is 53.7 Å². The molecule has 1 aromatic rings. The van der Waals surface area contributed by atoms with E-state index in [0.29, 0.717) is 13.2 Å². The standard InChI is InChI=1S/C16H25NO3/c1-11-10-14(18-3)12(2)9-13(11)15(17)16(19-4)5-7-20-8-6-16/h9-10,15H,5-8,17H2,1-4H3. The summed E-state index contributed by atoms with van der Waals surface area (Å²) in [6.45, 7) is 5.52. The molecule has 1 fully saturated rings. The Balaban J connectivity index is 2.36. The van der Waals surface area contributed by atoms with Gasteiger partial charge in [-0.2, -0.15) is 0 Å². The van der Waals surface area contributed by atoms with Crippen molar-refractivity contribution in [2.45, 2.75) is 38.3 Å². The van der Waals surface area contributed by atoms with Crippen molar-refractivity contribution in [1.29, 1.82) is 0 Å². The SMILES string of the molecule is COc1cc(C)c(C(N)C2(OC)CCOCC2)cc1C. The summed E-state index contributed by atoms with van der Waals surface area (Å²) in [6, 6.07) is 4.02. The molecule has 1 saturated heterocycles. The number of rotatable bonds is 4. The number of ether oxygens (including phenoxy) is 3. The molecule has 1 aliphatic heterocycles. The Labute approximate surface area is 121 Å². The van der Waals surface area contributed by atoms with Gasteiger partial charge >= 0.3 is 0 Å². The molecule has 1 aromatic carbocycles. The molecule has 0 amide bonds. The van der Waals surface area contributed by atoms with E-state index in [-0.39, 0.29) is 11.6 Å². The van der Waals surface area contributed by atoms with Crippen molar-refractivity contribution in [2.75, 3.05) is 27.4 Å². The monoisotopic (exact) mass is 279 g/mol. The zero-order valence-electron chi connectivity index (χ0n) is 12.9. The van der Waals surface area contributed by atoms with Gasteiger partial charge in [-0.15, -0.1) is 0 Å². The van der Waals surface area contributed by atoms with Gasteiger partial charge in [0.05, 0.1) is 18.8 Å². The second-order valence-electron chi connectivity index (χ2n) is 5.54. The number of aryl methyl sites for hydroxylation is 2. The van der Waals surface area contributed by atoms with Gasteiger partial charge in [0.2, 0.25) is 0 Å². The number of hydrogen-bond donors (Lipinski definition) is 1. The highest BCUT2D eigenvalue weighted by molar-refractivity contribution is 5.43. The van der Waals surface area contributed by atoms with Crippen molar-refractivity contribution in [2.24, 2.45) is 5.73 Å². The molecular formula is C16H25NO3. The Morgan fingerprint density at radius 2 is 1.80 bits per heavy atom. The van der Waals surface area contributed by atoms with E-state index < -0.39 is 0 Å². The second kappa shape index (κ2) is 6.12. The molecule has 0 aromatic heterocycles. The van der Waals surface area contributed by atoms with Crippen molar-refractivity contribution in [1.82, 2.24) is 0 Å². The molecule has 1 heterocycles. The maximum absolute atomic E-state index is 6.56. The van der Waals surface area contributed by atoms with Gasteiger partial charge in [-0.25, -0.2) is 0 Å². The highest BCUT2D eigenvalue weighted by Gasteiger charge is 2.40. The van der Waals surface area contributed by atoms with Gasteiger partial charge in [0, 0.05) is 33.2 Å². The number of hydrogen-bond acceptors (Lipinski definition) is 4. The molecule has 112 valence electrons. The minimum absolute atomic E-state index is 0.152. The molecule has 2 N–H and O–H groups in total. The van der Waals surface area contributed by atoms with Crippen LogP contribution in [0.4, 0.5) is 0 Å². The van der Waals surface area contributed by atoms with E-state index >= 15 is 0 Å². The summed E-state index contributed by atoms with van der Waals surface area (Å²) < 4.78 is 16.6. The van der Waals surface area contributed by atoms with Crippen molar-refractivity contribution >= 4 is 0 Å². The number of methoxy groups -OCH3 is 2. The lowest BCUT2D eigenvalue weighted by Gasteiger charge is -2.41. The van der Waals surface area contributed by atoms with Gasteiger partial charge in [0.25, 0.3) is 0 Å². The van der Waals surface area contributed by atoms with Crippen molar-refractivity contribution < 1.29 is 14.2 Å². The van der Waals surface area contributed by atoms with Crippen molar-refractivity contribution in [3.05, 3.63) is 28.8 Å². The first-order valence-corrected chi connectivity index (χ1v) is 7.07. The Hall–Kier alpha value is -1.10. The predicted molar refractivity (Wildman–Crippen MR) is 79.2 cm³/mol. The van der Waals surface area contributed by atoms with E-state index in [1.54, 1.807) is 14.2 Å². The minimum atomic E-state index is -0.329. The zero-order valence-corrected chi connectivity index (χ0v) is 12.9. The normalized spacial score (nSPS) is 19.6. The zero-order chi connectivity index (χ0) is 14.8. The molecular weight excluding hydrogens is 254 g/mol. The van der Waals surface area contributed by atoms with Gasteiger partial charge in [0.15, 0.2) is 0 Å². The van der Waals surface area contributed by atoms with Crippen LogP contribution in [-0.4, -0.2) is 33.0 Å². The fourth-order valence-electron chi connectivity index (χ4n) is 3.01. The summed E-state index contributed by atoms with van der Waals surface area (Å²) in [4.78, 5) is 0. The fourth-order valence-corrected chi connectivity index (χ4v) is 3.01. The Morgan fingerprint density at radius 1 is 1.15 bits per heavy atom. The van der Waals surface area contributed by atoms with Crippen LogP contribution in [-0.2, 0) is 9.47 Å². The number of benzene rings is 1. The van der Waals surface area contributed by atoms with Crippen LogP contribution < -0.4 is 10.5 Å². The Kier molecular flexibility index (Phi) is 4.68. The third-order valence-corrected chi connectivity index (χ3v) is 4.43. The minimum Gasteiger partial charge on any atom is -0.496 e. The van der Waals surface area contributed by atoms with Crippen LogP contribution in [0, 0.1) is 13.8 Å². The smallest absolute Gasteiger partial charge is 0.122 e. The van der Waals surface area contributed by atoms with E-state index in [9.17, 15) is 0 Å². The number of nitrogens with two attached hydrogens (primary N) is 1. The highest BCUT2D eigenvalue weighted by Crippen LogP contribution is 2.38. The average Bonchev–Trinajstić information content (AvgIpc) is 2.49. The van der Waals surface area contributed by atoms with Crippen LogP contribution in [0.2, 0.25) is 0 Å². The lowest BCUT2D eigenvalue weighted by molar-refractivity contribution is -0.105. The van der Waals surface area contributed by atoms with E-state index in [1.165, 1.54) is 0 Å². The van der Waals surface area contributed by atoms with Crippen LogP contribution in [0.25, 0.3) is 0 Å². The van der Waals surface area contributed by atoms with Gasteiger partial charge in [-0.1, -0.05) is 6.07 Å². The Morgan fingerprint density at radius 3 is 2.35 bits per heavy atom. The molecule has 0 spiro atoms. The van der Waals surface area contributed by atoms with E-state index in [2.05, 4.69) is 13.0 Å². The first-order chi connectivity index (χ1) is 9.54. The van der Waals surface area contributed by atoms with Gasteiger partial charge in [0.1, 0.15) is 5.75 Å². The largest absolute Gasteiger partial charge is 0.496 e. The third kappa shape index (κ3) is 2.68. The highest BCUT2D eigenvalue weighted by atomic mass is 16.5. The first-order valence-electron chi connectivity index (χ1n) is 7.07. The molecule has 0 aliphatic carbocycles. The van der Waals surface area contributed by atoms with Crippen LogP contribution in [0.3, 0.4) is 0 Å². The van der Waals surface area contributed by atoms with Crippen LogP contribution in [0.5, 0.6) is 5.75 Å². The Bertz CT molecular complexity index is 467. The van der Waals surface area contributed by atoms with Gasteiger partial charge < -0.3 is 19.9 Å². The lowest BCUT2D eigenvalue weighted by Crippen LogP contribution is -2.47. The summed E-state index contributed by atoms with van der Waals surface area (Å²) in [5.74, 6) is 0.900. The summed E-state index contributed by atoms with van der Waals surface area (Å²) in [7, 11) is 3.44. The van der Waals surface area contributed by atoms with Crippen LogP contribution >= 0.6 is 0 Å². The van der Waals surface area contributed by atoms with Crippen molar-refractivity contribution in [3.63, 3.8) is 0 Å². The van der Waals surface area contributed by atoms with Gasteiger partial charge in [-0.05, 0) is 36.6 Å². The average molecular weight is 279 g/mol. The van der Waals surface area contributed by atoms with Crippen molar-refractivity contribution in [3.8, 4) is 5.75 Å². The third-order valence-electron chi connectivity index (χ3n) is 4.43. The van der Waals surface area contributed by atoms with Gasteiger partial charge in [-0.3, -0.25) is 0 Å². The molecule has 1 unspecified atom stereocenters. The van der Waals surface area contributed by atoms with E-state index in [1.807, 2.05) is 13.0 Å². The van der Waals surface area contributed by atoms with E-state index in [4.69, 9.17) is 19.9 Å². The summed E-state index contributed by atoms with van der Waals surface area (Å²) in [5.41, 5.74) is 9.60. The molecule has 4 nitrogen and oxygen atoms in total. The molecule has 1 atom stereocenters. The summed E-state index contributed by atoms with van der Waals surface area (Å²) >= 11 is 0. The molecule has 20 heavy (non-hydrogen) atoms. The second-order valence-corrected chi connectivity index (χ2v) is 5.54. The molecule has 0 saturated carbocycles. The molecule has 4 heteroatoms. The van der Waals surface area contributed by atoms with Crippen LogP contribution in [0.15, 0.2) is 12.1 Å². The fraction of sp³-hybridized carbons (Fsp3) is 0.625. The van der Waals surface area contributed by atoms with E-state index in [0.717, 1.165) is 35.3 Å².